The number of halogens is 2. The summed E-state index contributed by atoms with van der Waals surface area (Å²) in [6.45, 7) is 2.55. The molecule has 17 heavy (non-hydrogen) atoms. The molecule has 1 aliphatic heterocycles. The lowest BCUT2D eigenvalue weighted by molar-refractivity contribution is 0.0806. The second-order valence-electron chi connectivity index (χ2n) is 4.62. The molecule has 1 aromatic rings. The Kier molecular flexibility index (Phi) is 4.02. The molecule has 0 amide bonds. The Morgan fingerprint density at radius 2 is 2.35 bits per heavy atom. The predicted octanol–water partition coefficient (Wildman–Crippen LogP) is 2.81. The molecular weight excluding hydrogens is 243 g/mol. The summed E-state index contributed by atoms with van der Waals surface area (Å²) in [4.78, 5) is 0. The minimum Gasteiger partial charge on any atom is -0.392 e. The molecule has 2 nitrogen and oxygen atoms in total. The summed E-state index contributed by atoms with van der Waals surface area (Å²) >= 11 is 5.86. The van der Waals surface area contributed by atoms with Crippen molar-refractivity contribution >= 4 is 11.6 Å². The Hall–Kier alpha value is -0.640. The monoisotopic (exact) mass is 258 g/mol. The van der Waals surface area contributed by atoms with Crippen LogP contribution in [-0.2, 0) is 11.2 Å². The van der Waals surface area contributed by atoms with Crippen molar-refractivity contribution in [3.05, 3.63) is 34.6 Å². The number of hydrogen-bond donors (Lipinski definition) is 1. The van der Waals surface area contributed by atoms with Crippen LogP contribution in [0.4, 0.5) is 4.39 Å². The highest BCUT2D eigenvalue weighted by Gasteiger charge is 2.28. The van der Waals surface area contributed by atoms with Crippen molar-refractivity contribution in [2.75, 3.05) is 6.61 Å². The van der Waals surface area contributed by atoms with Gasteiger partial charge in [0.1, 0.15) is 5.82 Å². The fourth-order valence-corrected chi connectivity index (χ4v) is 2.42. The zero-order valence-corrected chi connectivity index (χ0v) is 10.5. The van der Waals surface area contributed by atoms with E-state index in [1.165, 1.54) is 6.07 Å². The third-order valence-corrected chi connectivity index (χ3v) is 3.66. The minimum atomic E-state index is -0.528. The molecule has 3 atom stereocenters. The molecule has 1 aromatic carbocycles. The Labute approximate surface area is 105 Å². The van der Waals surface area contributed by atoms with Crippen LogP contribution in [0.5, 0.6) is 0 Å². The number of aliphatic hydroxyl groups is 1. The van der Waals surface area contributed by atoms with Crippen molar-refractivity contribution in [3.63, 3.8) is 0 Å². The number of ether oxygens (including phenoxy) is 1. The van der Waals surface area contributed by atoms with Crippen LogP contribution >= 0.6 is 11.6 Å². The third-order valence-electron chi connectivity index (χ3n) is 3.23. The normalized spacial score (nSPS) is 26.1. The minimum absolute atomic E-state index is 0.110. The number of rotatable bonds is 3. The summed E-state index contributed by atoms with van der Waals surface area (Å²) < 4.78 is 18.6. The molecular formula is C13H16ClFO2. The molecule has 2 rings (SSSR count). The van der Waals surface area contributed by atoms with Gasteiger partial charge in [0.05, 0.1) is 23.8 Å². The standard InChI is InChI=1S/C13H16ClFO2/c1-8-5-10(7-17-8)12(16)6-9-3-2-4-11(15)13(9)14/h2-4,8,10,12,16H,5-7H2,1H3. The van der Waals surface area contributed by atoms with Gasteiger partial charge in [0, 0.05) is 12.3 Å². The van der Waals surface area contributed by atoms with Gasteiger partial charge in [0.2, 0.25) is 0 Å². The molecule has 1 N–H and O–H groups in total. The van der Waals surface area contributed by atoms with E-state index in [1.54, 1.807) is 12.1 Å². The van der Waals surface area contributed by atoms with E-state index in [9.17, 15) is 9.50 Å². The van der Waals surface area contributed by atoms with Gasteiger partial charge in [-0.3, -0.25) is 0 Å². The molecule has 94 valence electrons. The first kappa shape index (κ1) is 12.8. The Bertz CT molecular complexity index is 397. The summed E-state index contributed by atoms with van der Waals surface area (Å²) in [6.07, 6.45) is 0.878. The van der Waals surface area contributed by atoms with E-state index in [4.69, 9.17) is 16.3 Å². The molecule has 3 unspecified atom stereocenters. The lowest BCUT2D eigenvalue weighted by Crippen LogP contribution is -2.23. The lowest BCUT2D eigenvalue weighted by atomic mass is 9.94. The molecule has 1 saturated heterocycles. The van der Waals surface area contributed by atoms with Crippen LogP contribution in [0.2, 0.25) is 5.02 Å². The maximum atomic E-state index is 13.2. The lowest BCUT2D eigenvalue weighted by Gasteiger charge is -2.17. The third kappa shape index (κ3) is 2.97. The van der Waals surface area contributed by atoms with E-state index in [2.05, 4.69) is 0 Å². The summed E-state index contributed by atoms with van der Waals surface area (Å²) in [5.74, 6) is -0.322. The SMILES string of the molecule is CC1CC(C(O)Cc2cccc(F)c2Cl)CO1. The number of aliphatic hydroxyl groups excluding tert-OH is 1. The average molecular weight is 259 g/mol. The molecule has 1 aliphatic rings. The first-order chi connectivity index (χ1) is 8.08. The second kappa shape index (κ2) is 5.34. The molecule has 0 radical (unpaired) electrons. The highest BCUT2D eigenvalue weighted by Crippen LogP contribution is 2.27. The van der Waals surface area contributed by atoms with Gasteiger partial charge in [-0.2, -0.15) is 0 Å². The molecule has 0 bridgehead atoms. The van der Waals surface area contributed by atoms with Crippen molar-refractivity contribution in [3.8, 4) is 0 Å². The molecule has 1 heterocycles. The molecule has 0 aromatic heterocycles. The van der Waals surface area contributed by atoms with Gasteiger partial charge in [0.25, 0.3) is 0 Å². The first-order valence-corrected chi connectivity index (χ1v) is 6.18. The maximum Gasteiger partial charge on any atom is 0.142 e. The van der Waals surface area contributed by atoms with Crippen LogP contribution in [0.25, 0.3) is 0 Å². The number of hydrogen-bond acceptors (Lipinski definition) is 2. The fraction of sp³-hybridized carbons (Fsp3) is 0.538. The maximum absolute atomic E-state index is 13.2. The smallest absolute Gasteiger partial charge is 0.142 e. The summed E-state index contributed by atoms with van der Waals surface area (Å²) in [6, 6.07) is 4.67. The van der Waals surface area contributed by atoms with Gasteiger partial charge >= 0.3 is 0 Å². The first-order valence-electron chi connectivity index (χ1n) is 5.80. The molecule has 1 fully saturated rings. The van der Waals surface area contributed by atoms with Crippen LogP contribution in [0.15, 0.2) is 18.2 Å². The zero-order chi connectivity index (χ0) is 12.4. The Morgan fingerprint density at radius 1 is 1.59 bits per heavy atom. The summed E-state index contributed by atoms with van der Waals surface area (Å²) in [5, 5.41) is 10.2. The van der Waals surface area contributed by atoms with E-state index in [0.29, 0.717) is 18.6 Å². The van der Waals surface area contributed by atoms with Crippen LogP contribution in [0.3, 0.4) is 0 Å². The van der Waals surface area contributed by atoms with Crippen LogP contribution in [0, 0.1) is 11.7 Å². The van der Waals surface area contributed by atoms with Gasteiger partial charge in [-0.15, -0.1) is 0 Å². The van der Waals surface area contributed by atoms with Gasteiger partial charge in [-0.1, -0.05) is 23.7 Å². The highest BCUT2D eigenvalue weighted by molar-refractivity contribution is 6.31. The largest absolute Gasteiger partial charge is 0.392 e. The average Bonchev–Trinajstić information content (AvgIpc) is 2.72. The van der Waals surface area contributed by atoms with Crippen molar-refractivity contribution in [1.29, 1.82) is 0 Å². The van der Waals surface area contributed by atoms with Crippen molar-refractivity contribution in [2.24, 2.45) is 5.92 Å². The van der Waals surface area contributed by atoms with Crippen molar-refractivity contribution in [1.82, 2.24) is 0 Å². The van der Waals surface area contributed by atoms with E-state index >= 15 is 0 Å². The highest BCUT2D eigenvalue weighted by atomic mass is 35.5. The molecule has 4 heteroatoms. The topological polar surface area (TPSA) is 29.5 Å². The van der Waals surface area contributed by atoms with Crippen LogP contribution in [0.1, 0.15) is 18.9 Å². The predicted molar refractivity (Wildman–Crippen MR) is 64.6 cm³/mol. The van der Waals surface area contributed by atoms with E-state index < -0.39 is 11.9 Å². The van der Waals surface area contributed by atoms with Crippen molar-refractivity contribution in [2.45, 2.75) is 32.0 Å². The van der Waals surface area contributed by atoms with Gasteiger partial charge < -0.3 is 9.84 Å². The zero-order valence-electron chi connectivity index (χ0n) is 9.70. The van der Waals surface area contributed by atoms with E-state index in [0.717, 1.165) is 6.42 Å². The fourth-order valence-electron chi connectivity index (χ4n) is 2.22. The summed E-state index contributed by atoms with van der Waals surface area (Å²) in [7, 11) is 0. The van der Waals surface area contributed by atoms with Crippen LogP contribution < -0.4 is 0 Å². The Balaban J connectivity index is 2.03. The van der Waals surface area contributed by atoms with Gasteiger partial charge in [-0.25, -0.2) is 4.39 Å². The Morgan fingerprint density at radius 3 is 3.00 bits per heavy atom. The molecule has 0 spiro atoms. The molecule has 0 aliphatic carbocycles. The summed E-state index contributed by atoms with van der Waals surface area (Å²) in [5.41, 5.74) is 0.652. The second-order valence-corrected chi connectivity index (χ2v) is 5.00. The number of benzene rings is 1. The van der Waals surface area contributed by atoms with Crippen LogP contribution in [-0.4, -0.2) is 23.9 Å². The van der Waals surface area contributed by atoms with Gasteiger partial charge in [0.15, 0.2) is 0 Å². The van der Waals surface area contributed by atoms with E-state index in [1.807, 2.05) is 6.92 Å². The quantitative estimate of drug-likeness (QED) is 0.903. The van der Waals surface area contributed by atoms with E-state index in [-0.39, 0.29) is 17.0 Å². The van der Waals surface area contributed by atoms with Gasteiger partial charge in [-0.05, 0) is 25.0 Å². The van der Waals surface area contributed by atoms with Crippen molar-refractivity contribution < 1.29 is 14.2 Å². The molecule has 0 saturated carbocycles.